The summed E-state index contributed by atoms with van der Waals surface area (Å²) in [5, 5.41) is 9.65. The summed E-state index contributed by atoms with van der Waals surface area (Å²) in [4.78, 5) is 22.2. The molecule has 0 amide bonds. The van der Waals surface area contributed by atoms with Gasteiger partial charge < -0.3 is 20.3 Å². The van der Waals surface area contributed by atoms with Crippen LogP contribution in [-0.4, -0.2) is 47.6 Å². The molecule has 5 atom stereocenters. The van der Waals surface area contributed by atoms with Crippen molar-refractivity contribution in [3.63, 3.8) is 0 Å². The fourth-order valence-electron chi connectivity index (χ4n) is 2.88. The molecule has 0 spiro atoms. The summed E-state index contributed by atoms with van der Waals surface area (Å²) in [7, 11) is 1.04. The molecule has 96 valence electrons. The zero-order valence-corrected chi connectivity index (χ0v) is 9.47. The van der Waals surface area contributed by atoms with E-state index in [0.717, 1.165) is 14.0 Å². The highest BCUT2D eigenvalue weighted by molar-refractivity contribution is 5.89. The largest absolute Gasteiger partial charge is 0.467 e. The van der Waals surface area contributed by atoms with Crippen molar-refractivity contribution in [3.8, 4) is 0 Å². The molecule has 2 fully saturated rings. The molecule has 2 aliphatic rings. The number of aliphatic hydroxyl groups excluding tert-OH is 1. The predicted octanol–water partition coefficient (Wildman–Crippen LogP) is -1.11. The second-order valence-electron chi connectivity index (χ2n) is 4.52. The minimum atomic E-state index is -2.47. The van der Waals surface area contributed by atoms with Crippen molar-refractivity contribution in [2.75, 3.05) is 7.11 Å². The quantitative estimate of drug-likeness (QED) is 0.600. The Bertz CT molecular complexity index is 389. The first-order valence-electron chi connectivity index (χ1n) is 5.21. The van der Waals surface area contributed by atoms with Gasteiger partial charge in [-0.2, -0.15) is 0 Å². The van der Waals surface area contributed by atoms with Gasteiger partial charge in [0.05, 0.1) is 19.1 Å². The maximum Gasteiger partial charge on any atom is 0.346 e. The molecule has 2 saturated carbocycles. The molecule has 7 heteroatoms. The molecule has 2 rings (SSSR count). The average Bonchev–Trinajstić information content (AvgIpc) is 2.63. The Balaban J connectivity index is 2.28. The molecule has 0 aromatic carbocycles. The highest BCUT2D eigenvalue weighted by Gasteiger charge is 2.90. The van der Waals surface area contributed by atoms with Crippen LogP contribution in [0.5, 0.6) is 0 Å². The molecule has 0 saturated heterocycles. The Morgan fingerprint density at radius 3 is 2.59 bits per heavy atom. The van der Waals surface area contributed by atoms with Gasteiger partial charge in [0.1, 0.15) is 11.6 Å². The summed E-state index contributed by atoms with van der Waals surface area (Å²) in [6.45, 7) is 1.16. The molecular formula is C10H14FNO5. The highest BCUT2D eigenvalue weighted by atomic mass is 19.1. The first kappa shape index (κ1) is 12.3. The van der Waals surface area contributed by atoms with Crippen molar-refractivity contribution in [3.05, 3.63) is 0 Å². The minimum Gasteiger partial charge on any atom is -0.467 e. The van der Waals surface area contributed by atoms with Crippen LogP contribution in [0.25, 0.3) is 0 Å². The Labute approximate surface area is 96.9 Å². The summed E-state index contributed by atoms with van der Waals surface area (Å²) in [5.74, 6) is -2.85. The predicted molar refractivity (Wildman–Crippen MR) is 52.4 cm³/mol. The van der Waals surface area contributed by atoms with Crippen molar-refractivity contribution in [2.45, 2.75) is 36.8 Å². The Kier molecular flexibility index (Phi) is 2.45. The molecule has 0 radical (unpaired) electrons. The van der Waals surface area contributed by atoms with E-state index in [-0.39, 0.29) is 6.42 Å². The lowest BCUT2D eigenvalue weighted by Gasteiger charge is -2.23. The first-order valence-corrected chi connectivity index (χ1v) is 5.21. The van der Waals surface area contributed by atoms with Crippen LogP contribution in [0.3, 0.4) is 0 Å². The Morgan fingerprint density at radius 1 is 1.53 bits per heavy atom. The molecule has 0 aliphatic heterocycles. The lowest BCUT2D eigenvalue weighted by Crippen LogP contribution is -2.48. The number of halogens is 1. The van der Waals surface area contributed by atoms with E-state index < -0.39 is 41.3 Å². The second-order valence-corrected chi connectivity index (χ2v) is 4.52. The highest BCUT2D eigenvalue weighted by Crippen LogP contribution is 2.65. The third-order valence-electron chi connectivity index (χ3n) is 3.65. The van der Waals surface area contributed by atoms with Crippen LogP contribution in [0.4, 0.5) is 4.39 Å². The van der Waals surface area contributed by atoms with E-state index in [1.54, 1.807) is 0 Å². The van der Waals surface area contributed by atoms with E-state index in [0.29, 0.717) is 0 Å². The molecular weight excluding hydrogens is 233 g/mol. The van der Waals surface area contributed by atoms with E-state index in [1.807, 2.05) is 0 Å². The van der Waals surface area contributed by atoms with Gasteiger partial charge in [-0.25, -0.2) is 9.18 Å². The maximum absolute atomic E-state index is 14.4. The van der Waals surface area contributed by atoms with E-state index in [4.69, 9.17) is 10.5 Å². The third kappa shape index (κ3) is 1.26. The summed E-state index contributed by atoms with van der Waals surface area (Å²) < 4.78 is 23.6. The lowest BCUT2D eigenvalue weighted by molar-refractivity contribution is -0.157. The zero-order valence-electron chi connectivity index (χ0n) is 9.47. The fourth-order valence-corrected chi connectivity index (χ4v) is 2.88. The molecule has 6 nitrogen and oxygen atoms in total. The third-order valence-corrected chi connectivity index (χ3v) is 3.65. The standard InChI is InChI=1S/C10H14FNO5/c1-4(13)17-6-3-5(14)7-9(11,8(15)16-2)10(6,7)12/h5-7,14H,3,12H2,1-2H3/t5-,6+,7-,9-,10+/m0/s1. The number of hydrogen-bond donors (Lipinski definition) is 2. The normalized spacial score (nSPS) is 47.2. The molecule has 0 aromatic rings. The van der Waals surface area contributed by atoms with E-state index >= 15 is 0 Å². The SMILES string of the molecule is COC(=O)[C@@]1(F)[C@@H]2[C@@H](O)C[C@@H](OC(C)=O)[C@@]21N. The van der Waals surface area contributed by atoms with Gasteiger partial charge in [0, 0.05) is 13.3 Å². The van der Waals surface area contributed by atoms with Crippen LogP contribution >= 0.6 is 0 Å². The summed E-state index contributed by atoms with van der Waals surface area (Å²) in [6, 6.07) is 0. The van der Waals surface area contributed by atoms with Crippen molar-refractivity contribution < 1.29 is 28.6 Å². The molecule has 3 N–H and O–H groups in total. The molecule has 17 heavy (non-hydrogen) atoms. The van der Waals surface area contributed by atoms with Gasteiger partial charge in [-0.05, 0) is 0 Å². The smallest absolute Gasteiger partial charge is 0.346 e. The fraction of sp³-hybridized carbons (Fsp3) is 0.800. The van der Waals surface area contributed by atoms with Gasteiger partial charge >= 0.3 is 11.9 Å². The summed E-state index contributed by atoms with van der Waals surface area (Å²) >= 11 is 0. The number of rotatable bonds is 2. The van der Waals surface area contributed by atoms with E-state index in [1.165, 1.54) is 0 Å². The molecule has 0 unspecified atom stereocenters. The Hall–Kier alpha value is -1.21. The number of carbonyl (C=O) groups is 2. The summed E-state index contributed by atoms with van der Waals surface area (Å²) in [5.41, 5.74) is 1.63. The number of nitrogens with two attached hydrogens (primary N) is 1. The number of methoxy groups -OCH3 is 1. The monoisotopic (exact) mass is 247 g/mol. The minimum absolute atomic E-state index is 0.0312. The van der Waals surface area contributed by atoms with Gasteiger partial charge in [-0.15, -0.1) is 0 Å². The number of aliphatic hydroxyl groups is 1. The van der Waals surface area contributed by atoms with Crippen LogP contribution in [0.15, 0.2) is 0 Å². The van der Waals surface area contributed by atoms with Crippen LogP contribution in [0.1, 0.15) is 13.3 Å². The summed E-state index contributed by atoms with van der Waals surface area (Å²) in [6.07, 6.45) is -2.10. The topological polar surface area (TPSA) is 98.9 Å². The van der Waals surface area contributed by atoms with Crippen LogP contribution in [0, 0.1) is 5.92 Å². The number of ether oxygens (including phenoxy) is 2. The van der Waals surface area contributed by atoms with Gasteiger partial charge in [0.15, 0.2) is 0 Å². The van der Waals surface area contributed by atoms with Crippen molar-refractivity contribution in [1.82, 2.24) is 0 Å². The van der Waals surface area contributed by atoms with Gasteiger partial charge in [0.2, 0.25) is 5.67 Å². The number of fused-ring (bicyclic) bond motifs is 1. The van der Waals surface area contributed by atoms with Gasteiger partial charge in [-0.1, -0.05) is 0 Å². The zero-order chi connectivity index (χ0) is 13.0. The van der Waals surface area contributed by atoms with Crippen LogP contribution < -0.4 is 5.73 Å². The molecule has 0 aromatic heterocycles. The van der Waals surface area contributed by atoms with Crippen LogP contribution in [0.2, 0.25) is 0 Å². The number of alkyl halides is 1. The van der Waals surface area contributed by atoms with E-state index in [9.17, 15) is 19.1 Å². The van der Waals surface area contributed by atoms with Crippen molar-refractivity contribution in [2.24, 2.45) is 11.7 Å². The molecule has 0 bridgehead atoms. The van der Waals surface area contributed by atoms with Crippen molar-refractivity contribution >= 4 is 11.9 Å². The second kappa shape index (κ2) is 3.39. The first-order chi connectivity index (χ1) is 7.80. The van der Waals surface area contributed by atoms with Gasteiger partial charge in [0.25, 0.3) is 0 Å². The van der Waals surface area contributed by atoms with Crippen molar-refractivity contribution in [1.29, 1.82) is 0 Å². The molecule has 2 aliphatic carbocycles. The Morgan fingerprint density at radius 2 is 2.12 bits per heavy atom. The number of esters is 2. The van der Waals surface area contributed by atoms with E-state index in [2.05, 4.69) is 4.74 Å². The average molecular weight is 247 g/mol. The number of hydrogen-bond acceptors (Lipinski definition) is 6. The lowest BCUT2D eigenvalue weighted by atomic mass is 10.0. The maximum atomic E-state index is 14.4. The molecule has 0 heterocycles. The van der Waals surface area contributed by atoms with Crippen LogP contribution in [-0.2, 0) is 19.1 Å². The van der Waals surface area contributed by atoms with Gasteiger partial charge in [-0.3, -0.25) is 4.79 Å². The number of carbonyl (C=O) groups excluding carboxylic acids is 2.